The SMILES string of the molecule is COc1ccc(CN(Cc2ccc(C)cc2)S(=O)(=O)c2ccc(C(=O)O)cc2)cc1. The quantitative estimate of drug-likeness (QED) is 0.588. The summed E-state index contributed by atoms with van der Waals surface area (Å²) in [6, 6.07) is 20.2. The van der Waals surface area contributed by atoms with Crippen molar-refractivity contribution >= 4 is 16.0 Å². The summed E-state index contributed by atoms with van der Waals surface area (Å²) in [5.74, 6) is -0.412. The van der Waals surface area contributed by atoms with E-state index >= 15 is 0 Å². The summed E-state index contributed by atoms with van der Waals surface area (Å²) in [7, 11) is -2.28. The van der Waals surface area contributed by atoms with Gasteiger partial charge in [-0.05, 0) is 54.4 Å². The molecule has 7 heteroatoms. The highest BCUT2D eigenvalue weighted by Crippen LogP contribution is 2.23. The van der Waals surface area contributed by atoms with Crippen LogP contribution in [0.25, 0.3) is 0 Å². The van der Waals surface area contributed by atoms with Gasteiger partial charge in [0.15, 0.2) is 0 Å². The number of hydrogen-bond acceptors (Lipinski definition) is 4. The molecule has 0 radical (unpaired) electrons. The predicted molar refractivity (Wildman–Crippen MR) is 114 cm³/mol. The van der Waals surface area contributed by atoms with Crippen molar-refractivity contribution in [1.29, 1.82) is 0 Å². The Balaban J connectivity index is 1.95. The summed E-state index contributed by atoms with van der Waals surface area (Å²) in [6.45, 7) is 2.33. The molecule has 0 amide bonds. The van der Waals surface area contributed by atoms with Gasteiger partial charge in [-0.3, -0.25) is 0 Å². The number of carbonyl (C=O) groups is 1. The molecule has 0 saturated heterocycles. The zero-order valence-corrected chi connectivity index (χ0v) is 17.6. The number of sulfonamides is 1. The Kier molecular flexibility index (Phi) is 6.54. The number of hydrogen-bond donors (Lipinski definition) is 1. The van der Waals surface area contributed by atoms with E-state index in [1.807, 2.05) is 43.3 Å². The molecule has 3 aromatic carbocycles. The Labute approximate surface area is 176 Å². The van der Waals surface area contributed by atoms with Crippen LogP contribution in [-0.2, 0) is 23.1 Å². The lowest BCUT2D eigenvalue weighted by Crippen LogP contribution is -2.30. The molecule has 0 spiro atoms. The van der Waals surface area contributed by atoms with E-state index in [4.69, 9.17) is 9.84 Å². The van der Waals surface area contributed by atoms with Gasteiger partial charge in [0.1, 0.15) is 5.75 Å². The minimum Gasteiger partial charge on any atom is -0.497 e. The predicted octanol–water partition coefficient (Wildman–Crippen LogP) is 4.09. The molecule has 0 heterocycles. The van der Waals surface area contributed by atoms with Gasteiger partial charge in [-0.15, -0.1) is 0 Å². The third kappa shape index (κ3) is 5.06. The van der Waals surface area contributed by atoms with Gasteiger partial charge in [0, 0.05) is 13.1 Å². The monoisotopic (exact) mass is 425 g/mol. The molecule has 1 N–H and O–H groups in total. The lowest BCUT2D eigenvalue weighted by Gasteiger charge is -2.23. The number of nitrogens with zero attached hydrogens (tertiary/aromatic N) is 1. The molecule has 0 bridgehead atoms. The first-order valence-corrected chi connectivity index (χ1v) is 10.8. The topological polar surface area (TPSA) is 83.9 Å². The second kappa shape index (κ2) is 9.11. The van der Waals surface area contributed by atoms with Crippen LogP contribution < -0.4 is 4.74 Å². The second-order valence-corrected chi connectivity index (χ2v) is 8.87. The molecule has 3 rings (SSSR count). The van der Waals surface area contributed by atoms with Crippen molar-refractivity contribution in [2.75, 3.05) is 7.11 Å². The molecule has 3 aromatic rings. The molecular weight excluding hydrogens is 402 g/mol. The van der Waals surface area contributed by atoms with Crippen molar-refractivity contribution in [3.05, 3.63) is 95.1 Å². The number of aryl methyl sites for hydroxylation is 1. The fraction of sp³-hybridized carbons (Fsp3) is 0.174. The summed E-state index contributed by atoms with van der Waals surface area (Å²) < 4.78 is 33.3. The highest BCUT2D eigenvalue weighted by atomic mass is 32.2. The van der Waals surface area contributed by atoms with Crippen LogP contribution in [0, 0.1) is 6.92 Å². The van der Waals surface area contributed by atoms with Gasteiger partial charge >= 0.3 is 5.97 Å². The second-order valence-electron chi connectivity index (χ2n) is 6.94. The van der Waals surface area contributed by atoms with Crippen LogP contribution in [0.3, 0.4) is 0 Å². The zero-order chi connectivity index (χ0) is 21.7. The summed E-state index contributed by atoms with van der Waals surface area (Å²) in [5.41, 5.74) is 2.80. The van der Waals surface area contributed by atoms with E-state index in [2.05, 4.69) is 0 Å². The van der Waals surface area contributed by atoms with E-state index in [0.717, 1.165) is 16.7 Å². The van der Waals surface area contributed by atoms with Gasteiger partial charge < -0.3 is 9.84 Å². The highest BCUT2D eigenvalue weighted by molar-refractivity contribution is 7.89. The molecule has 6 nitrogen and oxygen atoms in total. The van der Waals surface area contributed by atoms with Gasteiger partial charge in [0.05, 0.1) is 17.6 Å². The Morgan fingerprint density at radius 2 is 1.37 bits per heavy atom. The van der Waals surface area contributed by atoms with Crippen molar-refractivity contribution in [2.45, 2.75) is 24.9 Å². The van der Waals surface area contributed by atoms with Gasteiger partial charge in [-0.25, -0.2) is 13.2 Å². The molecule has 0 aliphatic heterocycles. The third-order valence-electron chi connectivity index (χ3n) is 4.74. The Morgan fingerprint density at radius 1 is 0.867 bits per heavy atom. The first-order chi connectivity index (χ1) is 14.3. The van der Waals surface area contributed by atoms with E-state index in [1.54, 1.807) is 19.2 Å². The maximum Gasteiger partial charge on any atom is 0.335 e. The number of carboxylic acid groups (broad SMARTS) is 1. The number of ether oxygens (including phenoxy) is 1. The number of methoxy groups -OCH3 is 1. The molecule has 0 fully saturated rings. The molecule has 0 aliphatic carbocycles. The average Bonchev–Trinajstić information content (AvgIpc) is 2.75. The van der Waals surface area contributed by atoms with Crippen LogP contribution in [0.15, 0.2) is 77.7 Å². The van der Waals surface area contributed by atoms with Crippen molar-refractivity contribution < 1.29 is 23.1 Å². The first kappa shape index (κ1) is 21.5. The summed E-state index contributed by atoms with van der Waals surface area (Å²) in [5, 5.41) is 9.07. The number of benzene rings is 3. The molecule has 156 valence electrons. The van der Waals surface area contributed by atoms with E-state index < -0.39 is 16.0 Å². The molecular formula is C23H23NO5S. The lowest BCUT2D eigenvalue weighted by molar-refractivity contribution is 0.0696. The first-order valence-electron chi connectivity index (χ1n) is 9.31. The van der Waals surface area contributed by atoms with Gasteiger partial charge in [-0.2, -0.15) is 4.31 Å². The summed E-state index contributed by atoms with van der Waals surface area (Å²) >= 11 is 0. The van der Waals surface area contributed by atoms with Crippen LogP contribution in [0.1, 0.15) is 27.0 Å². The molecule has 0 saturated carbocycles. The largest absolute Gasteiger partial charge is 0.497 e. The van der Waals surface area contributed by atoms with Crippen molar-refractivity contribution in [1.82, 2.24) is 4.31 Å². The molecule has 0 unspecified atom stereocenters. The smallest absolute Gasteiger partial charge is 0.335 e. The average molecular weight is 426 g/mol. The lowest BCUT2D eigenvalue weighted by atomic mass is 10.1. The van der Waals surface area contributed by atoms with Crippen molar-refractivity contribution in [3.8, 4) is 5.75 Å². The van der Waals surface area contributed by atoms with Gasteiger partial charge in [0.2, 0.25) is 10.0 Å². The standard InChI is InChI=1S/C23H23NO5S/c1-17-3-5-18(6-4-17)15-24(16-19-7-11-21(29-2)12-8-19)30(27,28)22-13-9-20(10-14-22)23(25)26/h3-14H,15-16H2,1-2H3,(H,25,26). The maximum absolute atomic E-state index is 13.4. The Bertz CT molecular complexity index is 1110. The van der Waals surface area contributed by atoms with E-state index in [0.29, 0.717) is 5.75 Å². The van der Waals surface area contributed by atoms with Crippen molar-refractivity contribution in [2.24, 2.45) is 0 Å². The molecule has 0 aromatic heterocycles. The minimum atomic E-state index is -3.86. The third-order valence-corrected chi connectivity index (χ3v) is 6.54. The van der Waals surface area contributed by atoms with Crippen molar-refractivity contribution in [3.63, 3.8) is 0 Å². The number of aromatic carboxylic acids is 1. The highest BCUT2D eigenvalue weighted by Gasteiger charge is 2.25. The van der Waals surface area contributed by atoms with Gasteiger partial charge in [0.25, 0.3) is 0 Å². The maximum atomic E-state index is 13.4. The van der Waals surface area contributed by atoms with Gasteiger partial charge in [-0.1, -0.05) is 42.0 Å². The fourth-order valence-electron chi connectivity index (χ4n) is 2.98. The Morgan fingerprint density at radius 3 is 1.83 bits per heavy atom. The fourth-order valence-corrected chi connectivity index (χ4v) is 4.39. The van der Waals surface area contributed by atoms with E-state index in [9.17, 15) is 13.2 Å². The number of rotatable bonds is 8. The minimum absolute atomic E-state index is 0.0363. The van der Waals surface area contributed by atoms with Crippen LogP contribution in [-0.4, -0.2) is 30.9 Å². The number of carboxylic acids is 1. The van der Waals surface area contributed by atoms with E-state index in [1.165, 1.54) is 28.6 Å². The summed E-state index contributed by atoms with van der Waals surface area (Å²) in [6.07, 6.45) is 0. The van der Waals surface area contributed by atoms with E-state index in [-0.39, 0.29) is 23.5 Å². The Hall–Kier alpha value is -3.16. The van der Waals surface area contributed by atoms with Crippen LogP contribution in [0.2, 0.25) is 0 Å². The van der Waals surface area contributed by atoms with Crippen LogP contribution in [0.5, 0.6) is 5.75 Å². The molecule has 30 heavy (non-hydrogen) atoms. The molecule has 0 atom stereocenters. The zero-order valence-electron chi connectivity index (χ0n) is 16.8. The van der Waals surface area contributed by atoms with Crippen LogP contribution in [0.4, 0.5) is 0 Å². The molecule has 0 aliphatic rings. The normalized spacial score (nSPS) is 11.4. The van der Waals surface area contributed by atoms with Crippen LogP contribution >= 0.6 is 0 Å². The summed E-state index contributed by atoms with van der Waals surface area (Å²) in [4.78, 5) is 11.1.